The van der Waals surface area contributed by atoms with Crippen molar-refractivity contribution in [1.29, 1.82) is 0 Å². The van der Waals surface area contributed by atoms with Gasteiger partial charge in [-0.05, 0) is 62.9 Å². The van der Waals surface area contributed by atoms with Crippen LogP contribution in [-0.2, 0) is 4.79 Å². The summed E-state index contributed by atoms with van der Waals surface area (Å²) in [7, 11) is 0. The van der Waals surface area contributed by atoms with Crippen molar-refractivity contribution in [2.24, 2.45) is 0 Å². The smallest absolute Gasteiger partial charge is 0.262 e. The molecule has 0 saturated carbocycles. The van der Waals surface area contributed by atoms with E-state index in [4.69, 9.17) is 4.74 Å². The Balaban J connectivity index is 1.97. The fraction of sp³-hybridized carbons (Fsp3) is 0.391. The van der Waals surface area contributed by atoms with Crippen molar-refractivity contribution >= 4 is 17.5 Å². The van der Waals surface area contributed by atoms with Crippen LogP contribution in [0.4, 0.5) is 5.69 Å². The van der Waals surface area contributed by atoms with E-state index in [0.717, 1.165) is 6.42 Å². The summed E-state index contributed by atoms with van der Waals surface area (Å²) in [4.78, 5) is 24.8. The lowest BCUT2D eigenvalue weighted by Gasteiger charge is -2.21. The van der Waals surface area contributed by atoms with Crippen LogP contribution in [0.1, 0.15) is 62.9 Å². The summed E-state index contributed by atoms with van der Waals surface area (Å²) in [6, 6.07) is 14.7. The van der Waals surface area contributed by atoms with Gasteiger partial charge in [0.15, 0.2) is 6.61 Å². The number of carbonyl (C=O) groups excluding carboxylic acids is 2. The van der Waals surface area contributed by atoms with E-state index in [9.17, 15) is 9.59 Å². The molecule has 0 aliphatic carbocycles. The molecule has 0 aliphatic rings. The van der Waals surface area contributed by atoms with E-state index >= 15 is 0 Å². The zero-order valence-corrected chi connectivity index (χ0v) is 17.3. The average Bonchev–Trinajstić information content (AvgIpc) is 2.65. The first-order chi connectivity index (χ1) is 13.2. The van der Waals surface area contributed by atoms with Gasteiger partial charge in [0, 0.05) is 5.54 Å². The van der Waals surface area contributed by atoms with E-state index < -0.39 is 0 Å². The Labute approximate surface area is 167 Å². The summed E-state index contributed by atoms with van der Waals surface area (Å²) in [5.74, 6) is 0.584. The molecule has 1 unspecified atom stereocenters. The monoisotopic (exact) mass is 382 g/mol. The Morgan fingerprint density at radius 1 is 1.04 bits per heavy atom. The van der Waals surface area contributed by atoms with Gasteiger partial charge in [-0.3, -0.25) is 9.59 Å². The second-order valence-corrected chi connectivity index (χ2v) is 7.96. The van der Waals surface area contributed by atoms with Gasteiger partial charge in [0.2, 0.25) is 0 Å². The number of anilines is 1. The third-order valence-electron chi connectivity index (χ3n) is 4.37. The number of carbonyl (C=O) groups is 2. The molecule has 5 nitrogen and oxygen atoms in total. The van der Waals surface area contributed by atoms with E-state index in [-0.39, 0.29) is 24.0 Å². The van der Waals surface area contributed by atoms with Crippen LogP contribution < -0.4 is 15.4 Å². The Kier molecular flexibility index (Phi) is 7.21. The van der Waals surface area contributed by atoms with Crippen molar-refractivity contribution in [2.45, 2.75) is 52.5 Å². The number of nitrogens with one attached hydrogen (secondary N) is 2. The molecule has 0 spiro atoms. The zero-order chi connectivity index (χ0) is 20.7. The molecule has 2 rings (SSSR count). The summed E-state index contributed by atoms with van der Waals surface area (Å²) in [6.45, 7) is 9.93. The molecule has 0 saturated heterocycles. The molecule has 150 valence electrons. The Bertz CT molecular complexity index is 807. The van der Waals surface area contributed by atoms with Crippen molar-refractivity contribution in [3.05, 3.63) is 59.7 Å². The Morgan fingerprint density at radius 2 is 1.68 bits per heavy atom. The minimum absolute atomic E-state index is 0.127. The fourth-order valence-electron chi connectivity index (χ4n) is 2.66. The maximum absolute atomic E-state index is 12.5. The number of ether oxygens (including phenoxy) is 1. The summed E-state index contributed by atoms with van der Waals surface area (Å²) < 4.78 is 5.58. The Hall–Kier alpha value is -2.82. The number of rotatable bonds is 7. The predicted molar refractivity (Wildman–Crippen MR) is 113 cm³/mol. The van der Waals surface area contributed by atoms with Gasteiger partial charge in [-0.1, -0.05) is 38.1 Å². The third-order valence-corrected chi connectivity index (χ3v) is 4.37. The normalized spacial score (nSPS) is 12.2. The number of para-hydroxylation sites is 1. The lowest BCUT2D eigenvalue weighted by Crippen LogP contribution is -2.41. The van der Waals surface area contributed by atoms with Crippen LogP contribution in [0.15, 0.2) is 48.5 Å². The highest BCUT2D eigenvalue weighted by Gasteiger charge is 2.18. The van der Waals surface area contributed by atoms with Gasteiger partial charge in [-0.25, -0.2) is 0 Å². The van der Waals surface area contributed by atoms with E-state index in [1.807, 2.05) is 45.0 Å². The molecule has 0 bridgehead atoms. The quantitative estimate of drug-likeness (QED) is 0.726. The minimum atomic E-state index is -0.362. The summed E-state index contributed by atoms with van der Waals surface area (Å²) >= 11 is 0. The van der Waals surface area contributed by atoms with Crippen molar-refractivity contribution in [2.75, 3.05) is 11.9 Å². The van der Waals surface area contributed by atoms with Gasteiger partial charge in [-0.2, -0.15) is 0 Å². The third kappa shape index (κ3) is 6.41. The standard InChI is InChI=1S/C23H30N2O3/c1-6-16(2)17-11-13-18(14-12-17)28-15-21(26)24-20-10-8-7-9-19(20)22(27)25-23(3,4)5/h7-14,16H,6,15H2,1-5H3,(H,24,26)(H,25,27). The molecule has 28 heavy (non-hydrogen) atoms. The van der Waals surface area contributed by atoms with Crippen molar-refractivity contribution in [3.8, 4) is 5.75 Å². The molecule has 2 aromatic rings. The largest absolute Gasteiger partial charge is 0.484 e. The molecule has 0 aromatic heterocycles. The van der Waals surface area contributed by atoms with Gasteiger partial charge in [-0.15, -0.1) is 0 Å². The van der Waals surface area contributed by atoms with Gasteiger partial charge < -0.3 is 15.4 Å². The molecule has 2 aromatic carbocycles. The molecule has 0 aliphatic heterocycles. The second kappa shape index (κ2) is 9.40. The highest BCUT2D eigenvalue weighted by Crippen LogP contribution is 2.21. The van der Waals surface area contributed by atoms with Crippen LogP contribution in [0.5, 0.6) is 5.75 Å². The fourth-order valence-corrected chi connectivity index (χ4v) is 2.66. The molecule has 0 radical (unpaired) electrons. The van der Waals surface area contributed by atoms with E-state index in [1.165, 1.54) is 5.56 Å². The van der Waals surface area contributed by atoms with E-state index in [0.29, 0.717) is 22.9 Å². The first-order valence-corrected chi connectivity index (χ1v) is 9.63. The molecule has 0 fully saturated rings. The van der Waals surface area contributed by atoms with Gasteiger partial charge in [0.25, 0.3) is 11.8 Å². The molecular weight excluding hydrogens is 352 g/mol. The maximum atomic E-state index is 12.5. The molecule has 1 atom stereocenters. The molecular formula is C23H30N2O3. The number of benzene rings is 2. The first-order valence-electron chi connectivity index (χ1n) is 9.63. The molecule has 0 heterocycles. The highest BCUT2D eigenvalue weighted by atomic mass is 16.5. The van der Waals surface area contributed by atoms with Gasteiger partial charge in [0.1, 0.15) is 5.75 Å². The average molecular weight is 383 g/mol. The molecule has 5 heteroatoms. The zero-order valence-electron chi connectivity index (χ0n) is 17.3. The SMILES string of the molecule is CCC(C)c1ccc(OCC(=O)Nc2ccccc2C(=O)NC(C)(C)C)cc1. The van der Waals surface area contributed by atoms with Crippen LogP contribution >= 0.6 is 0 Å². The van der Waals surface area contributed by atoms with Crippen LogP contribution in [0, 0.1) is 0 Å². The first kappa shape index (κ1) is 21.5. The lowest BCUT2D eigenvalue weighted by molar-refractivity contribution is -0.118. The number of hydrogen-bond donors (Lipinski definition) is 2. The van der Waals surface area contributed by atoms with Crippen molar-refractivity contribution in [3.63, 3.8) is 0 Å². The second-order valence-electron chi connectivity index (χ2n) is 7.96. The number of hydrogen-bond acceptors (Lipinski definition) is 3. The van der Waals surface area contributed by atoms with Crippen molar-refractivity contribution < 1.29 is 14.3 Å². The van der Waals surface area contributed by atoms with E-state index in [1.54, 1.807) is 24.3 Å². The molecule has 2 amide bonds. The lowest BCUT2D eigenvalue weighted by atomic mass is 9.99. The maximum Gasteiger partial charge on any atom is 0.262 e. The number of amides is 2. The summed E-state index contributed by atoms with van der Waals surface area (Å²) in [6.07, 6.45) is 1.07. The Morgan fingerprint density at radius 3 is 2.29 bits per heavy atom. The summed E-state index contributed by atoms with van der Waals surface area (Å²) in [5, 5.41) is 5.67. The van der Waals surface area contributed by atoms with Gasteiger partial charge in [0.05, 0.1) is 11.3 Å². The molecule has 2 N–H and O–H groups in total. The predicted octanol–water partition coefficient (Wildman–Crippen LogP) is 4.75. The highest BCUT2D eigenvalue weighted by molar-refractivity contribution is 6.04. The summed E-state index contributed by atoms with van der Waals surface area (Å²) in [5.41, 5.74) is 1.77. The van der Waals surface area contributed by atoms with Crippen LogP contribution in [-0.4, -0.2) is 24.0 Å². The van der Waals surface area contributed by atoms with E-state index in [2.05, 4.69) is 24.5 Å². The van der Waals surface area contributed by atoms with Gasteiger partial charge >= 0.3 is 0 Å². The minimum Gasteiger partial charge on any atom is -0.484 e. The van der Waals surface area contributed by atoms with Crippen LogP contribution in [0.2, 0.25) is 0 Å². The topological polar surface area (TPSA) is 67.4 Å². The van der Waals surface area contributed by atoms with Crippen molar-refractivity contribution in [1.82, 2.24) is 5.32 Å². The van der Waals surface area contributed by atoms with Crippen LogP contribution in [0.3, 0.4) is 0 Å². The van der Waals surface area contributed by atoms with Crippen LogP contribution in [0.25, 0.3) is 0 Å².